The molecule has 7 nitrogen and oxygen atoms in total. The first-order valence-corrected chi connectivity index (χ1v) is 9.20. The maximum atomic E-state index is 11.0. The Morgan fingerprint density at radius 1 is 1.22 bits per heavy atom. The van der Waals surface area contributed by atoms with E-state index >= 15 is 0 Å². The van der Waals surface area contributed by atoms with Gasteiger partial charge in [-0.1, -0.05) is 30.2 Å². The second kappa shape index (κ2) is 9.34. The van der Waals surface area contributed by atoms with Crippen molar-refractivity contribution < 1.29 is 14.7 Å². The highest BCUT2D eigenvalue weighted by Gasteiger charge is 2.17. The lowest BCUT2D eigenvalue weighted by atomic mass is 9.98. The summed E-state index contributed by atoms with van der Waals surface area (Å²) >= 11 is 6.18. The van der Waals surface area contributed by atoms with Crippen LogP contribution < -0.4 is 15.5 Å². The minimum absolute atomic E-state index is 0.154. The van der Waals surface area contributed by atoms with Crippen LogP contribution in [-0.4, -0.2) is 27.2 Å². The fourth-order valence-electron chi connectivity index (χ4n) is 2.85. The molecule has 1 aliphatic carbocycles. The largest absolute Gasteiger partial charge is 0.473 e. The van der Waals surface area contributed by atoms with Gasteiger partial charge in [-0.15, -0.1) is 0 Å². The van der Waals surface area contributed by atoms with Crippen molar-refractivity contribution in [3.63, 3.8) is 0 Å². The number of ether oxygens (including phenoxy) is 1. The summed E-state index contributed by atoms with van der Waals surface area (Å²) in [7, 11) is 0. The molecule has 1 aromatic heterocycles. The van der Waals surface area contributed by atoms with Crippen LogP contribution in [0.1, 0.15) is 37.7 Å². The molecular weight excluding hydrogens is 368 g/mol. The van der Waals surface area contributed by atoms with Gasteiger partial charge in [0.15, 0.2) is 0 Å². The van der Waals surface area contributed by atoms with Gasteiger partial charge in [0.25, 0.3) is 5.91 Å². The number of anilines is 2. The molecule has 8 heteroatoms. The third kappa shape index (κ3) is 5.67. The smallest absolute Gasteiger partial charge is 0.267 e. The summed E-state index contributed by atoms with van der Waals surface area (Å²) in [5.74, 6) is 0.209. The minimum Gasteiger partial charge on any atom is -0.473 e. The monoisotopic (exact) mass is 388 g/mol. The third-order valence-electron chi connectivity index (χ3n) is 4.25. The maximum Gasteiger partial charge on any atom is 0.267 e. The van der Waals surface area contributed by atoms with Crippen LogP contribution in [0, 0.1) is 0 Å². The van der Waals surface area contributed by atoms with Crippen LogP contribution in [0.25, 0.3) is 6.08 Å². The fraction of sp³-hybridized carbons (Fsp3) is 0.316. The molecule has 0 radical (unpaired) electrons. The highest BCUT2D eigenvalue weighted by molar-refractivity contribution is 6.31. The Labute approximate surface area is 162 Å². The molecule has 3 rings (SSSR count). The van der Waals surface area contributed by atoms with Crippen molar-refractivity contribution in [1.29, 1.82) is 0 Å². The van der Waals surface area contributed by atoms with Crippen molar-refractivity contribution >= 4 is 35.2 Å². The zero-order chi connectivity index (χ0) is 19.1. The van der Waals surface area contributed by atoms with Gasteiger partial charge in [-0.2, -0.15) is 4.98 Å². The van der Waals surface area contributed by atoms with E-state index in [9.17, 15) is 4.79 Å². The predicted molar refractivity (Wildman–Crippen MR) is 103 cm³/mol. The zero-order valence-corrected chi connectivity index (χ0v) is 15.4. The Morgan fingerprint density at radius 3 is 2.67 bits per heavy atom. The Kier molecular flexibility index (Phi) is 6.62. The second-order valence-corrected chi connectivity index (χ2v) is 6.69. The standard InChI is InChI=1S/C19H21ClN4O3/c20-16-12-21-19(23-18(16)27-15-4-2-1-3-5-15)22-14-9-6-13(7-10-14)8-11-17(25)24-26/h6-12,15,26H,1-5H2,(H,24,25)(H,21,22,23)/b11-8+. The molecule has 0 unspecified atom stereocenters. The molecule has 0 aliphatic heterocycles. The van der Waals surface area contributed by atoms with E-state index in [0.29, 0.717) is 16.9 Å². The number of aromatic nitrogens is 2. The van der Waals surface area contributed by atoms with E-state index in [4.69, 9.17) is 21.5 Å². The summed E-state index contributed by atoms with van der Waals surface area (Å²) in [6.07, 6.45) is 10.1. The number of nitrogens with zero attached hydrogens (tertiary/aromatic N) is 2. The van der Waals surface area contributed by atoms with Crippen LogP contribution in [0.5, 0.6) is 5.88 Å². The molecule has 0 saturated heterocycles. The lowest BCUT2D eigenvalue weighted by Gasteiger charge is -2.22. The molecule has 1 fully saturated rings. The van der Waals surface area contributed by atoms with Crippen LogP contribution >= 0.6 is 11.6 Å². The van der Waals surface area contributed by atoms with Gasteiger partial charge in [-0.25, -0.2) is 10.5 Å². The Balaban J connectivity index is 1.65. The minimum atomic E-state index is -0.586. The molecule has 1 saturated carbocycles. The predicted octanol–water partition coefficient (Wildman–Crippen LogP) is 4.10. The number of hydrogen-bond acceptors (Lipinski definition) is 6. The highest BCUT2D eigenvalue weighted by atomic mass is 35.5. The van der Waals surface area contributed by atoms with E-state index in [1.165, 1.54) is 31.5 Å². The second-order valence-electron chi connectivity index (χ2n) is 6.28. The Bertz CT molecular complexity index is 805. The topological polar surface area (TPSA) is 96.4 Å². The molecule has 1 aromatic carbocycles. The van der Waals surface area contributed by atoms with Crippen LogP contribution in [0.15, 0.2) is 36.5 Å². The van der Waals surface area contributed by atoms with Crippen molar-refractivity contribution in [3.05, 3.63) is 47.1 Å². The van der Waals surface area contributed by atoms with E-state index in [-0.39, 0.29) is 6.10 Å². The molecule has 1 heterocycles. The average Bonchev–Trinajstić information content (AvgIpc) is 2.70. The van der Waals surface area contributed by atoms with Gasteiger partial charge in [-0.05, 0) is 49.5 Å². The zero-order valence-electron chi connectivity index (χ0n) is 14.7. The number of hydroxylamine groups is 1. The lowest BCUT2D eigenvalue weighted by molar-refractivity contribution is -0.124. The molecule has 27 heavy (non-hydrogen) atoms. The van der Waals surface area contributed by atoms with Crippen LogP contribution in [0.2, 0.25) is 5.02 Å². The maximum absolute atomic E-state index is 11.0. The molecule has 2 aromatic rings. The summed E-state index contributed by atoms with van der Waals surface area (Å²) in [4.78, 5) is 19.6. The number of amides is 1. The van der Waals surface area contributed by atoms with Crippen molar-refractivity contribution in [1.82, 2.24) is 15.4 Å². The number of halogens is 1. The third-order valence-corrected chi connectivity index (χ3v) is 4.51. The van der Waals surface area contributed by atoms with Crippen molar-refractivity contribution in [2.75, 3.05) is 5.32 Å². The molecular formula is C19H21ClN4O3. The first kappa shape index (κ1) is 19.1. The summed E-state index contributed by atoms with van der Waals surface area (Å²) in [6, 6.07) is 7.30. The van der Waals surface area contributed by atoms with Crippen molar-refractivity contribution in [2.45, 2.75) is 38.2 Å². The molecule has 1 aliphatic rings. The summed E-state index contributed by atoms with van der Waals surface area (Å²) in [6.45, 7) is 0. The van der Waals surface area contributed by atoms with Gasteiger partial charge in [0.05, 0.1) is 6.20 Å². The number of hydrogen-bond donors (Lipinski definition) is 3. The first-order valence-electron chi connectivity index (χ1n) is 8.82. The van der Waals surface area contributed by atoms with Gasteiger partial charge in [0.2, 0.25) is 11.8 Å². The average molecular weight is 389 g/mol. The van der Waals surface area contributed by atoms with Gasteiger partial charge < -0.3 is 10.1 Å². The van der Waals surface area contributed by atoms with Gasteiger partial charge in [0.1, 0.15) is 11.1 Å². The highest BCUT2D eigenvalue weighted by Crippen LogP contribution is 2.28. The normalized spacial score (nSPS) is 14.9. The summed E-state index contributed by atoms with van der Waals surface area (Å²) in [5.41, 5.74) is 3.13. The van der Waals surface area contributed by atoms with E-state index in [1.54, 1.807) is 11.6 Å². The SMILES string of the molecule is O=C(/C=C/c1ccc(Nc2ncc(Cl)c(OC3CCCCC3)n2)cc1)NO. The lowest BCUT2D eigenvalue weighted by Crippen LogP contribution is -2.20. The molecule has 0 atom stereocenters. The van der Waals surface area contributed by atoms with E-state index in [1.807, 2.05) is 24.3 Å². The fourth-order valence-corrected chi connectivity index (χ4v) is 2.99. The molecule has 142 valence electrons. The van der Waals surface area contributed by atoms with Gasteiger partial charge in [-0.3, -0.25) is 10.0 Å². The number of carbonyl (C=O) groups excluding carboxylic acids is 1. The van der Waals surface area contributed by atoms with Gasteiger partial charge in [0, 0.05) is 11.8 Å². The van der Waals surface area contributed by atoms with Crippen LogP contribution in [0.4, 0.5) is 11.6 Å². The quantitative estimate of drug-likeness (QED) is 0.391. The number of benzene rings is 1. The molecule has 0 bridgehead atoms. The van der Waals surface area contributed by atoms with Crippen molar-refractivity contribution in [3.8, 4) is 5.88 Å². The van der Waals surface area contributed by atoms with Crippen molar-refractivity contribution in [2.24, 2.45) is 0 Å². The van der Waals surface area contributed by atoms with Crippen LogP contribution in [0.3, 0.4) is 0 Å². The first-order chi connectivity index (χ1) is 13.1. The summed E-state index contributed by atoms with van der Waals surface area (Å²) < 4.78 is 5.96. The molecule has 1 amide bonds. The molecule has 3 N–H and O–H groups in total. The summed E-state index contributed by atoms with van der Waals surface area (Å²) in [5, 5.41) is 12.0. The molecule has 0 spiro atoms. The van der Waals surface area contributed by atoms with E-state index in [0.717, 1.165) is 24.1 Å². The number of nitrogens with one attached hydrogen (secondary N) is 2. The van der Waals surface area contributed by atoms with E-state index in [2.05, 4.69) is 15.3 Å². The number of carbonyl (C=O) groups is 1. The Morgan fingerprint density at radius 2 is 1.96 bits per heavy atom. The number of rotatable bonds is 6. The van der Waals surface area contributed by atoms with Crippen LogP contribution in [-0.2, 0) is 4.79 Å². The van der Waals surface area contributed by atoms with E-state index < -0.39 is 5.91 Å². The van der Waals surface area contributed by atoms with Gasteiger partial charge >= 0.3 is 0 Å². The Hall–Kier alpha value is -2.64.